The van der Waals surface area contributed by atoms with E-state index in [-0.39, 0.29) is 0 Å². The molecule has 108 valence electrons. The van der Waals surface area contributed by atoms with E-state index in [1.807, 2.05) is 12.3 Å². The molecule has 0 fully saturated rings. The lowest BCUT2D eigenvalue weighted by molar-refractivity contribution is 0.300. The standard InChI is InChI=1S/C15H28N4/c1-4-18(5-2)11-8-12-19(6-3)15-14(13-16)9-7-10-17-15/h7,9-10H,4-6,8,11-13,16H2,1-3H3. The molecule has 0 bridgehead atoms. The predicted molar refractivity (Wildman–Crippen MR) is 82.4 cm³/mol. The molecule has 0 aliphatic heterocycles. The van der Waals surface area contributed by atoms with E-state index in [9.17, 15) is 0 Å². The molecule has 4 nitrogen and oxygen atoms in total. The van der Waals surface area contributed by atoms with Crippen molar-refractivity contribution in [3.63, 3.8) is 0 Å². The molecule has 1 rings (SSSR count). The highest BCUT2D eigenvalue weighted by Gasteiger charge is 2.10. The van der Waals surface area contributed by atoms with Crippen LogP contribution < -0.4 is 10.6 Å². The third-order valence-electron chi connectivity index (χ3n) is 3.57. The number of aromatic nitrogens is 1. The molecule has 0 spiro atoms. The van der Waals surface area contributed by atoms with Crippen LogP contribution in [0.1, 0.15) is 32.8 Å². The Labute approximate surface area is 117 Å². The Morgan fingerprint density at radius 1 is 1.11 bits per heavy atom. The first kappa shape index (κ1) is 15.9. The molecule has 1 aromatic heterocycles. The second-order valence-corrected chi connectivity index (χ2v) is 4.65. The third kappa shape index (κ3) is 4.80. The van der Waals surface area contributed by atoms with Gasteiger partial charge in [0.1, 0.15) is 5.82 Å². The highest BCUT2D eigenvalue weighted by Crippen LogP contribution is 2.16. The zero-order valence-electron chi connectivity index (χ0n) is 12.6. The van der Waals surface area contributed by atoms with Crippen LogP contribution in [0, 0.1) is 0 Å². The SMILES string of the molecule is CCN(CC)CCCN(CC)c1ncccc1CN. The number of rotatable bonds is 9. The minimum atomic E-state index is 0.551. The predicted octanol–water partition coefficient (Wildman–Crippen LogP) is 2.10. The summed E-state index contributed by atoms with van der Waals surface area (Å²) in [6, 6.07) is 4.02. The van der Waals surface area contributed by atoms with Gasteiger partial charge < -0.3 is 15.5 Å². The number of hydrogen-bond donors (Lipinski definition) is 1. The topological polar surface area (TPSA) is 45.4 Å². The summed E-state index contributed by atoms with van der Waals surface area (Å²) in [5, 5.41) is 0. The molecule has 1 aromatic rings. The molecule has 0 amide bonds. The quantitative estimate of drug-likeness (QED) is 0.742. The van der Waals surface area contributed by atoms with Gasteiger partial charge in [-0.1, -0.05) is 19.9 Å². The van der Waals surface area contributed by atoms with Crippen LogP contribution in [0.4, 0.5) is 5.82 Å². The van der Waals surface area contributed by atoms with Gasteiger partial charge in [0.05, 0.1) is 0 Å². The summed E-state index contributed by atoms with van der Waals surface area (Å²) in [5.74, 6) is 1.05. The highest BCUT2D eigenvalue weighted by atomic mass is 15.2. The van der Waals surface area contributed by atoms with Gasteiger partial charge in [-0.15, -0.1) is 0 Å². The normalized spacial score (nSPS) is 11.0. The van der Waals surface area contributed by atoms with Crippen molar-refractivity contribution in [1.29, 1.82) is 0 Å². The number of nitrogens with two attached hydrogens (primary N) is 1. The van der Waals surface area contributed by atoms with Crippen LogP contribution in [-0.2, 0) is 6.54 Å². The van der Waals surface area contributed by atoms with Gasteiger partial charge in [-0.25, -0.2) is 4.98 Å². The van der Waals surface area contributed by atoms with E-state index in [1.54, 1.807) is 0 Å². The van der Waals surface area contributed by atoms with Gasteiger partial charge in [-0.05, 0) is 39.0 Å². The minimum Gasteiger partial charge on any atom is -0.357 e. The Hall–Kier alpha value is -1.13. The van der Waals surface area contributed by atoms with E-state index in [1.165, 1.54) is 0 Å². The van der Waals surface area contributed by atoms with Crippen LogP contribution >= 0.6 is 0 Å². The van der Waals surface area contributed by atoms with Gasteiger partial charge in [0, 0.05) is 31.4 Å². The Morgan fingerprint density at radius 2 is 1.84 bits per heavy atom. The van der Waals surface area contributed by atoms with Crippen molar-refractivity contribution in [2.24, 2.45) is 5.73 Å². The Balaban J connectivity index is 2.58. The molecule has 1 heterocycles. The van der Waals surface area contributed by atoms with Crippen molar-refractivity contribution < 1.29 is 0 Å². The zero-order valence-corrected chi connectivity index (χ0v) is 12.6. The molecule has 2 N–H and O–H groups in total. The fourth-order valence-corrected chi connectivity index (χ4v) is 2.31. The molecule has 0 radical (unpaired) electrons. The van der Waals surface area contributed by atoms with Crippen molar-refractivity contribution >= 4 is 5.82 Å². The molecule has 0 saturated carbocycles. The van der Waals surface area contributed by atoms with E-state index < -0.39 is 0 Å². The average molecular weight is 264 g/mol. The fraction of sp³-hybridized carbons (Fsp3) is 0.667. The first-order chi connectivity index (χ1) is 9.26. The summed E-state index contributed by atoms with van der Waals surface area (Å²) in [6.07, 6.45) is 3.01. The summed E-state index contributed by atoms with van der Waals surface area (Å²) in [6.45, 7) is 12.6. The lowest BCUT2D eigenvalue weighted by Crippen LogP contribution is -2.31. The van der Waals surface area contributed by atoms with Gasteiger partial charge >= 0.3 is 0 Å². The van der Waals surface area contributed by atoms with Crippen molar-refractivity contribution in [2.75, 3.05) is 37.6 Å². The molecule has 19 heavy (non-hydrogen) atoms. The molecule has 0 unspecified atom stereocenters. The molecular weight excluding hydrogens is 236 g/mol. The molecule has 0 saturated heterocycles. The average Bonchev–Trinajstić information content (AvgIpc) is 2.48. The first-order valence-corrected chi connectivity index (χ1v) is 7.38. The molecule has 0 aliphatic rings. The Kier molecular flexibility index (Phi) is 7.45. The van der Waals surface area contributed by atoms with Crippen LogP contribution in [0.2, 0.25) is 0 Å². The fourth-order valence-electron chi connectivity index (χ4n) is 2.31. The smallest absolute Gasteiger partial charge is 0.132 e. The maximum atomic E-state index is 5.79. The highest BCUT2D eigenvalue weighted by molar-refractivity contribution is 5.46. The summed E-state index contributed by atoms with van der Waals surface area (Å²) >= 11 is 0. The van der Waals surface area contributed by atoms with Gasteiger partial charge in [0.25, 0.3) is 0 Å². The van der Waals surface area contributed by atoms with E-state index >= 15 is 0 Å². The summed E-state index contributed by atoms with van der Waals surface area (Å²) in [5.41, 5.74) is 6.92. The molecule has 0 aromatic carbocycles. The second-order valence-electron chi connectivity index (χ2n) is 4.65. The summed E-state index contributed by atoms with van der Waals surface area (Å²) in [7, 11) is 0. The first-order valence-electron chi connectivity index (χ1n) is 7.38. The molecule has 4 heteroatoms. The third-order valence-corrected chi connectivity index (χ3v) is 3.57. The van der Waals surface area contributed by atoms with Gasteiger partial charge in [-0.3, -0.25) is 0 Å². The number of anilines is 1. The van der Waals surface area contributed by atoms with Gasteiger partial charge in [0.15, 0.2) is 0 Å². The van der Waals surface area contributed by atoms with E-state index in [0.29, 0.717) is 6.54 Å². The zero-order chi connectivity index (χ0) is 14.1. The largest absolute Gasteiger partial charge is 0.357 e. The van der Waals surface area contributed by atoms with Crippen LogP contribution in [0.15, 0.2) is 18.3 Å². The molecule has 0 atom stereocenters. The van der Waals surface area contributed by atoms with Crippen LogP contribution in [-0.4, -0.2) is 42.6 Å². The van der Waals surface area contributed by atoms with Crippen LogP contribution in [0.5, 0.6) is 0 Å². The lowest BCUT2D eigenvalue weighted by atomic mass is 10.2. The van der Waals surface area contributed by atoms with Crippen molar-refractivity contribution in [1.82, 2.24) is 9.88 Å². The van der Waals surface area contributed by atoms with Gasteiger partial charge in [-0.2, -0.15) is 0 Å². The Morgan fingerprint density at radius 3 is 2.42 bits per heavy atom. The minimum absolute atomic E-state index is 0.551. The second kappa shape index (κ2) is 8.88. The maximum Gasteiger partial charge on any atom is 0.132 e. The van der Waals surface area contributed by atoms with E-state index in [2.05, 4.69) is 41.6 Å². The van der Waals surface area contributed by atoms with Crippen LogP contribution in [0.25, 0.3) is 0 Å². The van der Waals surface area contributed by atoms with E-state index in [4.69, 9.17) is 5.73 Å². The lowest BCUT2D eigenvalue weighted by Gasteiger charge is -2.26. The molecule has 0 aliphatic carbocycles. The number of nitrogens with zero attached hydrogens (tertiary/aromatic N) is 3. The maximum absolute atomic E-state index is 5.79. The van der Waals surface area contributed by atoms with Gasteiger partial charge in [0.2, 0.25) is 0 Å². The summed E-state index contributed by atoms with van der Waals surface area (Å²) < 4.78 is 0. The van der Waals surface area contributed by atoms with E-state index in [0.717, 1.165) is 50.5 Å². The Bertz CT molecular complexity index is 350. The number of hydrogen-bond acceptors (Lipinski definition) is 4. The van der Waals surface area contributed by atoms with Crippen molar-refractivity contribution in [3.8, 4) is 0 Å². The van der Waals surface area contributed by atoms with Crippen molar-refractivity contribution in [3.05, 3.63) is 23.9 Å². The van der Waals surface area contributed by atoms with Crippen LogP contribution in [0.3, 0.4) is 0 Å². The molecular formula is C15H28N4. The van der Waals surface area contributed by atoms with Crippen molar-refractivity contribution in [2.45, 2.75) is 33.7 Å². The monoisotopic (exact) mass is 264 g/mol. The number of pyridine rings is 1. The summed E-state index contributed by atoms with van der Waals surface area (Å²) in [4.78, 5) is 9.27.